The maximum absolute atomic E-state index is 7.05. The van der Waals surface area contributed by atoms with Gasteiger partial charge in [-0.1, -0.05) is 158 Å². The fourth-order valence-corrected chi connectivity index (χ4v) is 9.53. The Labute approximate surface area is 361 Å². The summed E-state index contributed by atoms with van der Waals surface area (Å²) in [5, 5.41) is 6.38. The van der Waals surface area contributed by atoms with Crippen molar-refractivity contribution in [3.05, 3.63) is 212 Å². The molecule has 5 nitrogen and oxygen atoms in total. The minimum absolute atomic E-state index is 0.677. The first kappa shape index (κ1) is 35.2. The lowest BCUT2D eigenvalue weighted by atomic mass is 9.91. The number of rotatable bonds is 6. The van der Waals surface area contributed by atoms with Gasteiger partial charge < -0.3 is 13.4 Å². The molecule has 0 aliphatic rings. The minimum atomic E-state index is 0.677. The molecule has 4 heterocycles. The lowest BCUT2D eigenvalue weighted by molar-refractivity contribution is 0.635. The molecular weight excluding hydrogens is 771 g/mol. The third kappa shape index (κ3) is 5.57. The van der Waals surface area contributed by atoms with E-state index in [0.717, 1.165) is 122 Å². The van der Waals surface area contributed by atoms with E-state index in [2.05, 4.69) is 180 Å². The summed E-state index contributed by atoms with van der Waals surface area (Å²) in [7, 11) is 0. The molecule has 294 valence electrons. The molecule has 0 spiro atoms. The smallest absolute Gasteiger partial charge is 0.178 e. The van der Waals surface area contributed by atoms with Crippen molar-refractivity contribution in [3.63, 3.8) is 0 Å². The summed E-state index contributed by atoms with van der Waals surface area (Å²) >= 11 is 0. The van der Waals surface area contributed by atoms with Crippen molar-refractivity contribution >= 4 is 65.7 Å². The first-order chi connectivity index (χ1) is 31.2. The zero-order valence-electron chi connectivity index (χ0n) is 33.9. The number of para-hydroxylation sites is 2. The van der Waals surface area contributed by atoms with E-state index in [1.54, 1.807) is 0 Å². The highest BCUT2D eigenvalue weighted by atomic mass is 16.4. The molecule has 0 aliphatic heterocycles. The molecule has 0 saturated heterocycles. The van der Waals surface area contributed by atoms with Crippen LogP contribution in [0.1, 0.15) is 0 Å². The quantitative estimate of drug-likeness (QED) is 0.168. The van der Waals surface area contributed by atoms with E-state index in [1.165, 1.54) is 0 Å². The second-order valence-electron chi connectivity index (χ2n) is 16.1. The van der Waals surface area contributed by atoms with Gasteiger partial charge in [-0.05, 0) is 65.7 Å². The molecule has 13 aromatic rings. The van der Waals surface area contributed by atoms with Crippen LogP contribution < -0.4 is 0 Å². The van der Waals surface area contributed by atoms with Gasteiger partial charge in [0.1, 0.15) is 11.2 Å². The van der Waals surface area contributed by atoms with E-state index < -0.39 is 0 Å². The number of fused-ring (bicyclic) bond motifs is 11. The van der Waals surface area contributed by atoms with Gasteiger partial charge in [0.25, 0.3) is 0 Å². The van der Waals surface area contributed by atoms with Crippen molar-refractivity contribution in [2.75, 3.05) is 0 Å². The summed E-state index contributed by atoms with van der Waals surface area (Å²) in [5.74, 6) is 0.677. The third-order valence-corrected chi connectivity index (χ3v) is 12.4. The number of hydrogen-bond acceptors (Lipinski definition) is 4. The molecule has 0 saturated carbocycles. The maximum Gasteiger partial charge on any atom is 0.178 e. The molecule has 0 N–H and O–H groups in total. The van der Waals surface area contributed by atoms with Gasteiger partial charge in [-0.15, -0.1) is 0 Å². The van der Waals surface area contributed by atoms with Crippen LogP contribution in [-0.2, 0) is 0 Å². The first-order valence-corrected chi connectivity index (χ1v) is 21.2. The van der Waals surface area contributed by atoms with Crippen LogP contribution in [-0.4, -0.2) is 14.5 Å². The van der Waals surface area contributed by atoms with Crippen LogP contribution in [0.2, 0.25) is 0 Å². The molecule has 13 rings (SSSR count). The van der Waals surface area contributed by atoms with Crippen LogP contribution in [0.4, 0.5) is 0 Å². The van der Waals surface area contributed by atoms with Gasteiger partial charge in [-0.25, -0.2) is 9.97 Å². The SMILES string of the molecule is c1ccc(-c2cc(-c3cc(-c4ccccc4)c(-n4c5ccccc5c5c6oc7c(ccc8c9ccccc9oc87)c6ccc54)c(-c4ccccc4)c3)nc(-c3ccccc3)n2)cc1. The predicted octanol–water partition coefficient (Wildman–Crippen LogP) is 15.7. The van der Waals surface area contributed by atoms with Gasteiger partial charge in [0.2, 0.25) is 0 Å². The second kappa shape index (κ2) is 14.0. The Morgan fingerprint density at radius 2 is 0.825 bits per heavy atom. The molecule has 0 amide bonds. The summed E-state index contributed by atoms with van der Waals surface area (Å²) in [6.07, 6.45) is 0. The van der Waals surface area contributed by atoms with Gasteiger partial charge in [0.15, 0.2) is 17.0 Å². The minimum Gasteiger partial charge on any atom is -0.452 e. The van der Waals surface area contributed by atoms with Crippen LogP contribution in [0.5, 0.6) is 0 Å². The molecule has 63 heavy (non-hydrogen) atoms. The Hall–Kier alpha value is -8.54. The normalized spacial score (nSPS) is 11.8. The maximum atomic E-state index is 7.05. The van der Waals surface area contributed by atoms with Crippen LogP contribution >= 0.6 is 0 Å². The van der Waals surface area contributed by atoms with Crippen molar-refractivity contribution in [1.82, 2.24) is 14.5 Å². The van der Waals surface area contributed by atoms with Crippen LogP contribution in [0.3, 0.4) is 0 Å². The monoisotopic (exact) mass is 805 g/mol. The Balaban J connectivity index is 1.13. The van der Waals surface area contributed by atoms with Crippen LogP contribution in [0.25, 0.3) is 128 Å². The summed E-state index contributed by atoms with van der Waals surface area (Å²) in [4.78, 5) is 10.4. The molecule has 0 radical (unpaired) electrons. The average Bonchev–Trinajstić information content (AvgIpc) is 4.04. The van der Waals surface area contributed by atoms with Gasteiger partial charge in [-0.3, -0.25) is 0 Å². The van der Waals surface area contributed by atoms with E-state index in [9.17, 15) is 0 Å². The van der Waals surface area contributed by atoms with E-state index in [1.807, 2.05) is 36.4 Å². The molecule has 0 fully saturated rings. The highest BCUT2D eigenvalue weighted by Crippen LogP contribution is 2.47. The van der Waals surface area contributed by atoms with Crippen molar-refractivity contribution < 1.29 is 8.83 Å². The molecule has 9 aromatic carbocycles. The Bertz CT molecular complexity index is 3770. The number of aromatic nitrogens is 3. The molecule has 5 heteroatoms. The largest absolute Gasteiger partial charge is 0.452 e. The molecule has 0 aliphatic carbocycles. The van der Waals surface area contributed by atoms with E-state index >= 15 is 0 Å². The fourth-order valence-electron chi connectivity index (χ4n) is 9.53. The van der Waals surface area contributed by atoms with Crippen molar-refractivity contribution in [2.24, 2.45) is 0 Å². The van der Waals surface area contributed by atoms with E-state index in [0.29, 0.717) is 5.82 Å². The topological polar surface area (TPSA) is 57.0 Å². The highest BCUT2D eigenvalue weighted by molar-refractivity contribution is 6.27. The summed E-state index contributed by atoms with van der Waals surface area (Å²) in [6.45, 7) is 0. The predicted molar refractivity (Wildman–Crippen MR) is 258 cm³/mol. The highest BCUT2D eigenvalue weighted by Gasteiger charge is 2.25. The number of nitrogens with zero attached hydrogens (tertiary/aromatic N) is 3. The van der Waals surface area contributed by atoms with Crippen molar-refractivity contribution in [3.8, 4) is 61.8 Å². The lowest BCUT2D eigenvalue weighted by Crippen LogP contribution is -2.02. The Kier molecular flexibility index (Phi) is 7.84. The lowest BCUT2D eigenvalue weighted by Gasteiger charge is -2.21. The molecular formula is C58H35N3O2. The number of hydrogen-bond donors (Lipinski definition) is 0. The van der Waals surface area contributed by atoms with Gasteiger partial charge >= 0.3 is 0 Å². The van der Waals surface area contributed by atoms with E-state index in [4.69, 9.17) is 18.8 Å². The van der Waals surface area contributed by atoms with Crippen LogP contribution in [0.15, 0.2) is 221 Å². The van der Waals surface area contributed by atoms with Gasteiger partial charge in [-0.2, -0.15) is 0 Å². The molecule has 4 aromatic heterocycles. The Morgan fingerprint density at radius 3 is 1.49 bits per heavy atom. The third-order valence-electron chi connectivity index (χ3n) is 12.4. The van der Waals surface area contributed by atoms with Gasteiger partial charge in [0, 0.05) is 54.7 Å². The zero-order chi connectivity index (χ0) is 41.4. The molecule has 0 unspecified atom stereocenters. The molecule has 0 atom stereocenters. The van der Waals surface area contributed by atoms with E-state index in [-0.39, 0.29) is 0 Å². The second-order valence-corrected chi connectivity index (χ2v) is 16.1. The first-order valence-electron chi connectivity index (χ1n) is 21.2. The summed E-state index contributed by atoms with van der Waals surface area (Å²) < 4.78 is 16.0. The van der Waals surface area contributed by atoms with Crippen molar-refractivity contribution in [2.45, 2.75) is 0 Å². The van der Waals surface area contributed by atoms with Crippen LogP contribution in [0, 0.1) is 0 Å². The van der Waals surface area contributed by atoms with Crippen molar-refractivity contribution in [1.29, 1.82) is 0 Å². The Morgan fingerprint density at radius 1 is 0.333 bits per heavy atom. The fraction of sp³-hybridized carbons (Fsp3) is 0. The summed E-state index contributed by atoms with van der Waals surface area (Å²) in [6, 6.07) is 74.4. The average molecular weight is 806 g/mol. The zero-order valence-corrected chi connectivity index (χ0v) is 33.9. The van der Waals surface area contributed by atoms with Gasteiger partial charge in [0.05, 0.1) is 33.5 Å². The summed E-state index contributed by atoms with van der Waals surface area (Å²) in [5.41, 5.74) is 15.4. The standard InChI is InChI=1S/C58H35N3O2/c1-5-17-36(18-6-1)46-33-40(49-35-48(38-21-9-3-10-22-38)59-58(60-49)39-23-11-4-12-24-39)34-47(37-19-7-2-8-20-37)54(46)61-50-27-15-13-26-45(50)53-51(61)32-31-43-44-30-29-42-41-25-14-16-28-52(41)62-56(42)57(44)63-55(43)53/h1-35H. The molecule has 0 bridgehead atoms. The number of furan rings is 2. The number of benzene rings is 9.